The number of aromatic nitrogens is 4. The number of rotatable bonds is 5. The minimum Gasteiger partial charge on any atom is -0.340 e. The highest BCUT2D eigenvalue weighted by Crippen LogP contribution is 2.19. The van der Waals surface area contributed by atoms with Gasteiger partial charge in [0.05, 0.1) is 16.9 Å². The van der Waals surface area contributed by atoms with Crippen molar-refractivity contribution in [1.82, 2.24) is 25.5 Å². The molecule has 1 aliphatic heterocycles. The quantitative estimate of drug-likeness (QED) is 0.598. The molecule has 10 heteroatoms. The number of nitrogens with zero attached hydrogens (tertiary/aromatic N) is 4. The highest BCUT2D eigenvalue weighted by atomic mass is 16.2. The number of carbonyl (C=O) groups is 3. The third-order valence-electron chi connectivity index (χ3n) is 4.48. The van der Waals surface area contributed by atoms with Crippen molar-refractivity contribution >= 4 is 29.1 Å². The average Bonchev–Trinajstić information content (AvgIpc) is 3.23. The maximum Gasteiger partial charge on any atom is 0.254 e. The van der Waals surface area contributed by atoms with Crippen LogP contribution in [0.4, 0.5) is 11.4 Å². The number of nitrogens with one attached hydrogen (secondary N) is 3. The van der Waals surface area contributed by atoms with Gasteiger partial charge >= 0.3 is 0 Å². The predicted octanol–water partition coefficient (Wildman–Crippen LogP) is 1.13. The minimum atomic E-state index is -0.789. The van der Waals surface area contributed by atoms with Crippen molar-refractivity contribution in [3.63, 3.8) is 0 Å². The lowest BCUT2D eigenvalue weighted by atomic mass is 10.1. The van der Waals surface area contributed by atoms with Crippen LogP contribution in [0.3, 0.4) is 0 Å². The smallest absolute Gasteiger partial charge is 0.254 e. The summed E-state index contributed by atoms with van der Waals surface area (Å²) in [5, 5.41) is 19.1. The van der Waals surface area contributed by atoms with Gasteiger partial charge in [-0.05, 0) is 53.2 Å². The summed E-state index contributed by atoms with van der Waals surface area (Å²) in [7, 11) is 0. The SMILES string of the molecule is O=C(CC[C@@H]1NC(=O)c2ccccc2NC1=O)Nc1ccc(-n2cnnn2)cc1. The number of hydrogen-bond donors (Lipinski definition) is 3. The summed E-state index contributed by atoms with van der Waals surface area (Å²) in [6, 6.07) is 13.0. The Morgan fingerprint density at radius 3 is 2.66 bits per heavy atom. The first kappa shape index (κ1) is 18.3. The number of para-hydroxylation sites is 1. The van der Waals surface area contributed by atoms with Gasteiger partial charge in [-0.15, -0.1) is 5.10 Å². The lowest BCUT2D eigenvalue weighted by Gasteiger charge is -2.14. The summed E-state index contributed by atoms with van der Waals surface area (Å²) in [5.41, 5.74) is 2.22. The van der Waals surface area contributed by atoms with Gasteiger partial charge in [-0.1, -0.05) is 12.1 Å². The van der Waals surface area contributed by atoms with Gasteiger partial charge in [0.2, 0.25) is 11.8 Å². The van der Waals surface area contributed by atoms with Crippen molar-refractivity contribution in [3.8, 4) is 5.69 Å². The Morgan fingerprint density at radius 2 is 1.90 bits per heavy atom. The second-order valence-electron chi connectivity index (χ2n) is 6.45. The van der Waals surface area contributed by atoms with E-state index in [0.717, 1.165) is 5.69 Å². The van der Waals surface area contributed by atoms with Crippen molar-refractivity contribution < 1.29 is 14.4 Å². The van der Waals surface area contributed by atoms with Crippen LogP contribution in [0.2, 0.25) is 0 Å². The monoisotopic (exact) mass is 391 g/mol. The molecule has 2 aromatic carbocycles. The highest BCUT2D eigenvalue weighted by Gasteiger charge is 2.27. The molecule has 0 spiro atoms. The molecule has 10 nitrogen and oxygen atoms in total. The van der Waals surface area contributed by atoms with Crippen molar-refractivity contribution in [2.45, 2.75) is 18.9 Å². The Labute approximate surface area is 165 Å². The molecule has 0 unspecified atom stereocenters. The molecule has 3 amide bonds. The second-order valence-corrected chi connectivity index (χ2v) is 6.45. The van der Waals surface area contributed by atoms with Crippen LogP contribution in [-0.2, 0) is 9.59 Å². The number of tetrazole rings is 1. The predicted molar refractivity (Wildman–Crippen MR) is 103 cm³/mol. The molecule has 3 N–H and O–H groups in total. The van der Waals surface area contributed by atoms with Gasteiger partial charge in [0.1, 0.15) is 12.4 Å². The van der Waals surface area contributed by atoms with E-state index >= 15 is 0 Å². The van der Waals surface area contributed by atoms with E-state index in [0.29, 0.717) is 16.9 Å². The summed E-state index contributed by atoms with van der Waals surface area (Å²) < 4.78 is 1.50. The molecule has 0 aliphatic carbocycles. The first-order valence-electron chi connectivity index (χ1n) is 8.94. The third-order valence-corrected chi connectivity index (χ3v) is 4.48. The zero-order valence-electron chi connectivity index (χ0n) is 15.2. The van der Waals surface area contributed by atoms with E-state index in [9.17, 15) is 14.4 Å². The zero-order chi connectivity index (χ0) is 20.2. The highest BCUT2D eigenvalue weighted by molar-refractivity contribution is 6.09. The number of hydrogen-bond acceptors (Lipinski definition) is 6. The molecule has 1 atom stereocenters. The molecular formula is C19H17N7O3. The van der Waals surface area contributed by atoms with Gasteiger partial charge in [0, 0.05) is 12.1 Å². The van der Waals surface area contributed by atoms with Crippen LogP contribution in [-0.4, -0.2) is 44.0 Å². The summed E-state index contributed by atoms with van der Waals surface area (Å²) in [5.74, 6) is -0.951. The Kier molecular flexibility index (Phi) is 4.97. The van der Waals surface area contributed by atoms with E-state index in [4.69, 9.17) is 0 Å². The van der Waals surface area contributed by atoms with Crippen LogP contribution in [0.5, 0.6) is 0 Å². The van der Waals surface area contributed by atoms with Crippen LogP contribution in [0.15, 0.2) is 54.9 Å². The fourth-order valence-corrected chi connectivity index (χ4v) is 2.99. The van der Waals surface area contributed by atoms with E-state index in [2.05, 4.69) is 31.5 Å². The topological polar surface area (TPSA) is 131 Å². The van der Waals surface area contributed by atoms with Crippen molar-refractivity contribution in [1.29, 1.82) is 0 Å². The molecule has 3 aromatic rings. The van der Waals surface area contributed by atoms with E-state index in [1.165, 1.54) is 11.0 Å². The summed E-state index contributed by atoms with van der Waals surface area (Å²) in [6.07, 6.45) is 1.72. The van der Waals surface area contributed by atoms with Crippen LogP contribution in [0.1, 0.15) is 23.2 Å². The summed E-state index contributed by atoms with van der Waals surface area (Å²) in [6.45, 7) is 0. The first-order chi connectivity index (χ1) is 14.1. The Bertz CT molecular complexity index is 1050. The molecule has 0 radical (unpaired) electrons. The number of amides is 3. The van der Waals surface area contributed by atoms with Gasteiger partial charge in [-0.25, -0.2) is 4.68 Å². The van der Waals surface area contributed by atoms with E-state index in [-0.39, 0.29) is 30.6 Å². The summed E-state index contributed by atoms with van der Waals surface area (Å²) in [4.78, 5) is 36.9. The van der Waals surface area contributed by atoms with E-state index < -0.39 is 6.04 Å². The lowest BCUT2D eigenvalue weighted by Crippen LogP contribution is -2.41. The number of fused-ring (bicyclic) bond motifs is 1. The first-order valence-corrected chi connectivity index (χ1v) is 8.94. The Hall–Kier alpha value is -4.08. The normalized spacial score (nSPS) is 15.7. The molecule has 0 saturated heterocycles. The van der Waals surface area contributed by atoms with Gasteiger partial charge in [-0.2, -0.15) is 0 Å². The van der Waals surface area contributed by atoms with Crippen molar-refractivity contribution in [2.75, 3.05) is 10.6 Å². The maximum absolute atomic E-state index is 12.4. The molecule has 146 valence electrons. The van der Waals surface area contributed by atoms with Gasteiger partial charge in [0.15, 0.2) is 0 Å². The standard InChI is InChI=1S/C19H17N7O3/c27-17(21-12-5-7-13(8-6-12)26-11-20-24-25-26)10-9-16-19(29)22-15-4-2-1-3-14(15)18(28)23-16/h1-8,11,16H,9-10H2,(H,21,27)(H,22,29)(H,23,28)/t16-/m0/s1. The van der Waals surface area contributed by atoms with Gasteiger partial charge in [-0.3, -0.25) is 14.4 Å². The molecule has 1 aromatic heterocycles. The van der Waals surface area contributed by atoms with E-state index in [1.807, 2.05) is 0 Å². The van der Waals surface area contributed by atoms with E-state index in [1.54, 1.807) is 48.5 Å². The van der Waals surface area contributed by atoms with Crippen molar-refractivity contribution in [3.05, 3.63) is 60.4 Å². The number of anilines is 2. The van der Waals surface area contributed by atoms with Crippen LogP contribution in [0.25, 0.3) is 5.69 Å². The number of carbonyl (C=O) groups excluding carboxylic acids is 3. The molecule has 2 heterocycles. The minimum absolute atomic E-state index is 0.0729. The molecule has 1 aliphatic rings. The molecule has 29 heavy (non-hydrogen) atoms. The maximum atomic E-state index is 12.4. The molecule has 0 fully saturated rings. The third kappa shape index (κ3) is 4.10. The average molecular weight is 391 g/mol. The van der Waals surface area contributed by atoms with Crippen LogP contribution >= 0.6 is 0 Å². The Morgan fingerprint density at radius 1 is 1.10 bits per heavy atom. The lowest BCUT2D eigenvalue weighted by molar-refractivity contribution is -0.118. The molecule has 4 rings (SSSR count). The van der Waals surface area contributed by atoms with Crippen molar-refractivity contribution in [2.24, 2.45) is 0 Å². The summed E-state index contributed by atoms with van der Waals surface area (Å²) >= 11 is 0. The van der Waals surface area contributed by atoms with Gasteiger partial charge < -0.3 is 16.0 Å². The molecular weight excluding hydrogens is 374 g/mol. The van der Waals surface area contributed by atoms with Crippen LogP contribution in [0, 0.1) is 0 Å². The fourth-order valence-electron chi connectivity index (χ4n) is 2.99. The van der Waals surface area contributed by atoms with Gasteiger partial charge in [0.25, 0.3) is 5.91 Å². The molecule has 0 saturated carbocycles. The zero-order valence-corrected chi connectivity index (χ0v) is 15.2. The largest absolute Gasteiger partial charge is 0.340 e. The molecule has 0 bridgehead atoms. The van der Waals surface area contributed by atoms with Crippen LogP contribution < -0.4 is 16.0 Å². The fraction of sp³-hybridized carbons (Fsp3) is 0.158. The number of benzene rings is 2. The Balaban J connectivity index is 1.34. The second kappa shape index (κ2) is 7.89.